The van der Waals surface area contributed by atoms with Gasteiger partial charge >= 0.3 is 0 Å². The molecular formula is C15H20N2O2. The summed E-state index contributed by atoms with van der Waals surface area (Å²) in [6, 6.07) is 8.88. The minimum absolute atomic E-state index is 0.419. The molecule has 4 heteroatoms. The average Bonchev–Trinajstić information content (AvgIpc) is 2.46. The van der Waals surface area contributed by atoms with Crippen molar-refractivity contribution in [1.29, 1.82) is 0 Å². The fourth-order valence-corrected chi connectivity index (χ4v) is 2.31. The number of nitrogens with one attached hydrogen (secondary N) is 1. The summed E-state index contributed by atoms with van der Waals surface area (Å²) < 4.78 is 0. The molecule has 1 aromatic rings. The van der Waals surface area contributed by atoms with E-state index in [9.17, 15) is 9.90 Å². The van der Waals surface area contributed by atoms with E-state index in [1.54, 1.807) is 24.3 Å². The molecule has 2 N–H and O–H groups in total. The molecule has 2 unspecified atom stereocenters. The van der Waals surface area contributed by atoms with Crippen molar-refractivity contribution in [2.75, 3.05) is 0 Å². The van der Waals surface area contributed by atoms with Gasteiger partial charge in [0, 0.05) is 5.71 Å². The van der Waals surface area contributed by atoms with Crippen LogP contribution in [-0.4, -0.2) is 16.7 Å². The Labute approximate surface area is 113 Å². The largest absolute Gasteiger partial charge is 0.378 e. The van der Waals surface area contributed by atoms with E-state index in [1.165, 1.54) is 6.42 Å². The van der Waals surface area contributed by atoms with E-state index in [4.69, 9.17) is 0 Å². The second-order valence-electron chi connectivity index (χ2n) is 5.04. The highest BCUT2D eigenvalue weighted by Crippen LogP contribution is 2.20. The first kappa shape index (κ1) is 13.7. The lowest BCUT2D eigenvalue weighted by Crippen LogP contribution is -2.28. The maximum atomic E-state index is 11.8. The van der Waals surface area contributed by atoms with Gasteiger partial charge < -0.3 is 5.11 Å². The third-order valence-corrected chi connectivity index (χ3v) is 3.56. The molecule has 0 radical (unpaired) electrons. The minimum atomic E-state index is -1.16. The Kier molecular flexibility index (Phi) is 4.68. The van der Waals surface area contributed by atoms with Gasteiger partial charge in [-0.25, -0.2) is 5.43 Å². The van der Waals surface area contributed by atoms with Gasteiger partial charge in [-0.1, -0.05) is 43.7 Å². The van der Waals surface area contributed by atoms with Gasteiger partial charge in [-0.15, -0.1) is 0 Å². The summed E-state index contributed by atoms with van der Waals surface area (Å²) in [5.41, 5.74) is 4.09. The second kappa shape index (κ2) is 6.48. The maximum Gasteiger partial charge on any atom is 0.273 e. The van der Waals surface area contributed by atoms with Crippen molar-refractivity contribution in [3.8, 4) is 0 Å². The predicted octanol–water partition coefficient (Wildman–Crippen LogP) is 2.40. The van der Waals surface area contributed by atoms with Gasteiger partial charge in [-0.2, -0.15) is 5.10 Å². The van der Waals surface area contributed by atoms with Crippen molar-refractivity contribution >= 4 is 11.6 Å². The summed E-state index contributed by atoms with van der Waals surface area (Å²) in [7, 11) is 0. The van der Waals surface area contributed by atoms with Crippen LogP contribution in [0.4, 0.5) is 0 Å². The number of rotatable bonds is 3. The highest BCUT2D eigenvalue weighted by atomic mass is 16.3. The molecule has 0 aliphatic heterocycles. The van der Waals surface area contributed by atoms with Crippen molar-refractivity contribution in [1.82, 2.24) is 5.43 Å². The average molecular weight is 260 g/mol. The van der Waals surface area contributed by atoms with Gasteiger partial charge in [-0.05, 0) is 30.7 Å². The monoisotopic (exact) mass is 260 g/mol. The zero-order chi connectivity index (χ0) is 13.7. The van der Waals surface area contributed by atoms with Crippen LogP contribution in [0.15, 0.2) is 35.4 Å². The van der Waals surface area contributed by atoms with Crippen LogP contribution in [0, 0.1) is 5.92 Å². The lowest BCUT2D eigenvalue weighted by molar-refractivity contribution is -0.129. The van der Waals surface area contributed by atoms with Gasteiger partial charge in [0.15, 0.2) is 6.10 Å². The highest BCUT2D eigenvalue weighted by molar-refractivity contribution is 5.89. The summed E-state index contributed by atoms with van der Waals surface area (Å²) in [5, 5.41) is 14.1. The predicted molar refractivity (Wildman–Crippen MR) is 74.6 cm³/mol. The first-order chi connectivity index (χ1) is 9.18. The molecule has 102 valence electrons. The Hall–Kier alpha value is -1.68. The molecular weight excluding hydrogens is 240 g/mol. The third-order valence-electron chi connectivity index (χ3n) is 3.56. The molecule has 0 spiro atoms. The molecule has 0 saturated heterocycles. The number of hydrazone groups is 1. The van der Waals surface area contributed by atoms with Crippen LogP contribution in [0.3, 0.4) is 0 Å². The third kappa shape index (κ3) is 3.64. The standard InChI is InChI=1S/C15H20N2O2/c1-11-7-5-6-10-13(11)16-17-15(19)14(18)12-8-3-2-4-9-12/h2-4,8-9,11,14,18H,5-7,10H2,1H3,(H,17,19). The van der Waals surface area contributed by atoms with Crippen LogP contribution in [0.1, 0.15) is 44.3 Å². The van der Waals surface area contributed by atoms with E-state index in [0.717, 1.165) is 25.0 Å². The Morgan fingerprint density at radius 1 is 1.37 bits per heavy atom. The van der Waals surface area contributed by atoms with Crippen LogP contribution in [-0.2, 0) is 4.79 Å². The number of hydrogen-bond donors (Lipinski definition) is 2. The van der Waals surface area contributed by atoms with E-state index in [0.29, 0.717) is 11.5 Å². The molecule has 0 bridgehead atoms. The van der Waals surface area contributed by atoms with Gasteiger partial charge in [-0.3, -0.25) is 4.79 Å². The first-order valence-corrected chi connectivity index (χ1v) is 6.78. The highest BCUT2D eigenvalue weighted by Gasteiger charge is 2.19. The summed E-state index contributed by atoms with van der Waals surface area (Å²) >= 11 is 0. The van der Waals surface area contributed by atoms with Gasteiger partial charge in [0.2, 0.25) is 0 Å². The lowest BCUT2D eigenvalue weighted by atomic mass is 9.89. The van der Waals surface area contributed by atoms with Crippen LogP contribution < -0.4 is 5.43 Å². The zero-order valence-electron chi connectivity index (χ0n) is 11.2. The summed E-state index contributed by atoms with van der Waals surface area (Å²) in [6.07, 6.45) is 3.24. The summed E-state index contributed by atoms with van der Waals surface area (Å²) in [4.78, 5) is 11.8. The van der Waals surface area contributed by atoms with E-state index in [2.05, 4.69) is 17.5 Å². The van der Waals surface area contributed by atoms with Crippen LogP contribution in [0.2, 0.25) is 0 Å². The molecule has 1 saturated carbocycles. The lowest BCUT2D eigenvalue weighted by Gasteiger charge is -2.20. The number of hydrogen-bond acceptors (Lipinski definition) is 3. The maximum absolute atomic E-state index is 11.8. The van der Waals surface area contributed by atoms with Crippen molar-refractivity contribution in [3.05, 3.63) is 35.9 Å². The number of aliphatic hydroxyl groups is 1. The fourth-order valence-electron chi connectivity index (χ4n) is 2.31. The number of aliphatic hydroxyl groups excluding tert-OH is 1. The molecule has 1 aliphatic carbocycles. The van der Waals surface area contributed by atoms with E-state index in [1.807, 2.05) is 6.07 Å². The molecule has 1 amide bonds. The van der Waals surface area contributed by atoms with E-state index in [-0.39, 0.29) is 0 Å². The number of benzene rings is 1. The Morgan fingerprint density at radius 2 is 2.11 bits per heavy atom. The molecule has 0 aromatic heterocycles. The van der Waals surface area contributed by atoms with Crippen molar-refractivity contribution in [3.63, 3.8) is 0 Å². The van der Waals surface area contributed by atoms with Crippen LogP contribution in [0.5, 0.6) is 0 Å². The Bertz CT molecular complexity index is 456. The quantitative estimate of drug-likeness (QED) is 0.820. The molecule has 2 rings (SSSR count). The number of amides is 1. The first-order valence-electron chi connectivity index (χ1n) is 6.78. The topological polar surface area (TPSA) is 61.7 Å². The molecule has 2 atom stereocenters. The van der Waals surface area contributed by atoms with Gasteiger partial charge in [0.05, 0.1) is 0 Å². The smallest absolute Gasteiger partial charge is 0.273 e. The van der Waals surface area contributed by atoms with Gasteiger partial charge in [0.1, 0.15) is 0 Å². The summed E-state index contributed by atoms with van der Waals surface area (Å²) in [5.74, 6) is -0.0561. The van der Waals surface area contributed by atoms with Crippen LogP contribution in [0.25, 0.3) is 0 Å². The van der Waals surface area contributed by atoms with Crippen molar-refractivity contribution < 1.29 is 9.90 Å². The second-order valence-corrected chi connectivity index (χ2v) is 5.04. The zero-order valence-corrected chi connectivity index (χ0v) is 11.2. The van der Waals surface area contributed by atoms with E-state index < -0.39 is 12.0 Å². The SMILES string of the molecule is CC1CCCCC1=NNC(=O)C(O)c1ccccc1. The molecule has 1 aliphatic rings. The van der Waals surface area contributed by atoms with Crippen molar-refractivity contribution in [2.45, 2.75) is 38.7 Å². The molecule has 1 fully saturated rings. The number of carbonyl (C=O) groups is 1. The molecule has 1 aromatic carbocycles. The minimum Gasteiger partial charge on any atom is -0.378 e. The van der Waals surface area contributed by atoms with Crippen molar-refractivity contribution in [2.24, 2.45) is 11.0 Å². The van der Waals surface area contributed by atoms with Gasteiger partial charge in [0.25, 0.3) is 5.91 Å². The van der Waals surface area contributed by atoms with E-state index >= 15 is 0 Å². The Morgan fingerprint density at radius 3 is 2.79 bits per heavy atom. The fraction of sp³-hybridized carbons (Fsp3) is 0.467. The summed E-state index contributed by atoms with van der Waals surface area (Å²) in [6.45, 7) is 2.12. The normalized spacial score (nSPS) is 23.1. The Balaban J connectivity index is 1.96. The molecule has 19 heavy (non-hydrogen) atoms. The molecule has 4 nitrogen and oxygen atoms in total. The molecule has 0 heterocycles. The van der Waals surface area contributed by atoms with Crippen LogP contribution >= 0.6 is 0 Å². The number of carbonyl (C=O) groups excluding carboxylic acids is 1. The number of nitrogens with zero attached hydrogens (tertiary/aromatic N) is 1.